The second-order valence-corrected chi connectivity index (χ2v) is 4.76. The highest BCUT2D eigenvalue weighted by Crippen LogP contribution is 2.30. The third-order valence-corrected chi connectivity index (χ3v) is 3.64. The summed E-state index contributed by atoms with van der Waals surface area (Å²) < 4.78 is 5.40. The average Bonchev–Trinajstić information content (AvgIpc) is 2.54. The van der Waals surface area contributed by atoms with Gasteiger partial charge in [0.05, 0.1) is 13.2 Å². The number of amidine groups is 1. The largest absolute Gasteiger partial charge is 0.409 e. The number of nitrogens with two attached hydrogens (primary N) is 1. The fourth-order valence-electron chi connectivity index (χ4n) is 2.64. The SMILES string of the molecule is N/C(=N/O)c1ccc(N2CCOCC2)c2ccccc12. The summed E-state index contributed by atoms with van der Waals surface area (Å²) in [7, 11) is 0. The Morgan fingerprint density at radius 3 is 2.50 bits per heavy atom. The fourth-order valence-corrected chi connectivity index (χ4v) is 2.64. The van der Waals surface area contributed by atoms with Crippen molar-refractivity contribution >= 4 is 22.3 Å². The number of ether oxygens (including phenoxy) is 1. The van der Waals surface area contributed by atoms with Gasteiger partial charge in [0.25, 0.3) is 0 Å². The van der Waals surface area contributed by atoms with E-state index in [4.69, 9.17) is 15.7 Å². The molecule has 3 rings (SSSR count). The molecule has 0 unspecified atom stereocenters. The van der Waals surface area contributed by atoms with Gasteiger partial charge in [-0.1, -0.05) is 29.4 Å². The second kappa shape index (κ2) is 5.38. The smallest absolute Gasteiger partial charge is 0.170 e. The first-order chi connectivity index (χ1) is 9.81. The number of nitrogens with zero attached hydrogens (tertiary/aromatic N) is 2. The number of hydrogen-bond acceptors (Lipinski definition) is 4. The molecule has 2 aromatic rings. The maximum Gasteiger partial charge on any atom is 0.170 e. The highest BCUT2D eigenvalue weighted by molar-refractivity contribution is 6.11. The van der Waals surface area contributed by atoms with E-state index in [0.717, 1.165) is 42.6 Å². The number of morpholine rings is 1. The molecule has 0 atom stereocenters. The van der Waals surface area contributed by atoms with E-state index in [2.05, 4.69) is 16.1 Å². The molecule has 1 fully saturated rings. The standard InChI is InChI=1S/C15H17N3O2/c16-15(17-19)13-5-6-14(18-7-9-20-10-8-18)12-4-2-1-3-11(12)13/h1-6,19H,7-10H2,(H2,16,17). The fraction of sp³-hybridized carbons (Fsp3) is 0.267. The van der Waals surface area contributed by atoms with E-state index >= 15 is 0 Å². The minimum Gasteiger partial charge on any atom is -0.409 e. The van der Waals surface area contributed by atoms with Crippen LogP contribution >= 0.6 is 0 Å². The molecule has 0 radical (unpaired) electrons. The molecule has 104 valence electrons. The predicted octanol–water partition coefficient (Wildman–Crippen LogP) is 1.77. The van der Waals surface area contributed by atoms with Gasteiger partial charge in [-0.15, -0.1) is 0 Å². The maximum atomic E-state index is 8.90. The summed E-state index contributed by atoms with van der Waals surface area (Å²) >= 11 is 0. The van der Waals surface area contributed by atoms with Crippen molar-refractivity contribution in [1.29, 1.82) is 0 Å². The highest BCUT2D eigenvalue weighted by atomic mass is 16.5. The second-order valence-electron chi connectivity index (χ2n) is 4.76. The van der Waals surface area contributed by atoms with Crippen LogP contribution in [-0.2, 0) is 4.74 Å². The molecule has 0 bridgehead atoms. The summed E-state index contributed by atoms with van der Waals surface area (Å²) in [5.74, 6) is 0.134. The van der Waals surface area contributed by atoms with Crippen LogP contribution in [0.5, 0.6) is 0 Å². The molecule has 0 saturated carbocycles. The van der Waals surface area contributed by atoms with Crippen molar-refractivity contribution in [2.24, 2.45) is 10.9 Å². The van der Waals surface area contributed by atoms with Gasteiger partial charge in [0.2, 0.25) is 0 Å². The molecule has 0 aromatic heterocycles. The molecule has 20 heavy (non-hydrogen) atoms. The van der Waals surface area contributed by atoms with Crippen molar-refractivity contribution in [3.05, 3.63) is 42.0 Å². The number of rotatable bonds is 2. The van der Waals surface area contributed by atoms with Gasteiger partial charge in [0.15, 0.2) is 5.84 Å². The van der Waals surface area contributed by atoms with Gasteiger partial charge in [-0.2, -0.15) is 0 Å². The number of anilines is 1. The van der Waals surface area contributed by atoms with Crippen LogP contribution in [0.2, 0.25) is 0 Å². The van der Waals surface area contributed by atoms with Gasteiger partial charge in [0.1, 0.15) is 0 Å². The number of oxime groups is 1. The molecular formula is C15H17N3O2. The zero-order valence-electron chi connectivity index (χ0n) is 11.1. The van der Waals surface area contributed by atoms with E-state index in [1.165, 1.54) is 5.69 Å². The third-order valence-electron chi connectivity index (χ3n) is 3.64. The Balaban J connectivity index is 2.15. The molecular weight excluding hydrogens is 254 g/mol. The minimum atomic E-state index is 0.134. The lowest BCUT2D eigenvalue weighted by Crippen LogP contribution is -2.36. The summed E-state index contributed by atoms with van der Waals surface area (Å²) in [4.78, 5) is 2.31. The van der Waals surface area contributed by atoms with Crippen LogP contribution in [0.1, 0.15) is 5.56 Å². The Kier molecular flexibility index (Phi) is 3.43. The van der Waals surface area contributed by atoms with E-state index in [1.807, 2.05) is 30.3 Å². The Bertz CT molecular complexity index is 649. The van der Waals surface area contributed by atoms with Crippen molar-refractivity contribution in [2.45, 2.75) is 0 Å². The summed E-state index contributed by atoms with van der Waals surface area (Å²) in [6.45, 7) is 3.26. The van der Waals surface area contributed by atoms with Crippen LogP contribution < -0.4 is 10.6 Å². The maximum absolute atomic E-state index is 8.90. The van der Waals surface area contributed by atoms with Crippen LogP contribution in [0.3, 0.4) is 0 Å². The lowest BCUT2D eigenvalue weighted by molar-refractivity contribution is 0.123. The molecule has 5 nitrogen and oxygen atoms in total. The van der Waals surface area contributed by atoms with E-state index in [0.29, 0.717) is 0 Å². The summed E-state index contributed by atoms with van der Waals surface area (Å²) in [6, 6.07) is 12.0. The monoisotopic (exact) mass is 271 g/mol. The van der Waals surface area contributed by atoms with Gasteiger partial charge >= 0.3 is 0 Å². The lowest BCUT2D eigenvalue weighted by Gasteiger charge is -2.30. The molecule has 1 heterocycles. The van der Waals surface area contributed by atoms with Crippen molar-refractivity contribution < 1.29 is 9.94 Å². The van der Waals surface area contributed by atoms with Crippen molar-refractivity contribution in [1.82, 2.24) is 0 Å². The Hall–Kier alpha value is -2.27. The summed E-state index contributed by atoms with van der Waals surface area (Å²) in [5, 5.41) is 14.1. The minimum absolute atomic E-state index is 0.134. The van der Waals surface area contributed by atoms with Gasteiger partial charge < -0.3 is 20.6 Å². The van der Waals surface area contributed by atoms with Gasteiger partial charge in [0, 0.05) is 29.7 Å². The summed E-state index contributed by atoms with van der Waals surface area (Å²) in [5.41, 5.74) is 7.67. The van der Waals surface area contributed by atoms with Gasteiger partial charge in [-0.05, 0) is 17.5 Å². The topological polar surface area (TPSA) is 71.1 Å². The van der Waals surface area contributed by atoms with Crippen molar-refractivity contribution in [3.63, 3.8) is 0 Å². The first-order valence-electron chi connectivity index (χ1n) is 6.63. The summed E-state index contributed by atoms with van der Waals surface area (Å²) in [6.07, 6.45) is 0. The lowest BCUT2D eigenvalue weighted by atomic mass is 10.0. The number of hydrogen-bond donors (Lipinski definition) is 2. The molecule has 0 amide bonds. The highest BCUT2D eigenvalue weighted by Gasteiger charge is 2.16. The van der Waals surface area contributed by atoms with Crippen LogP contribution in [0.15, 0.2) is 41.6 Å². The zero-order chi connectivity index (χ0) is 13.9. The van der Waals surface area contributed by atoms with Crippen LogP contribution in [-0.4, -0.2) is 37.3 Å². The number of fused-ring (bicyclic) bond motifs is 1. The first kappa shape index (κ1) is 12.7. The number of benzene rings is 2. The van der Waals surface area contributed by atoms with E-state index in [-0.39, 0.29) is 5.84 Å². The Morgan fingerprint density at radius 2 is 1.80 bits per heavy atom. The molecule has 0 aliphatic carbocycles. The van der Waals surface area contributed by atoms with Gasteiger partial charge in [-0.25, -0.2) is 0 Å². The van der Waals surface area contributed by atoms with E-state index < -0.39 is 0 Å². The normalized spacial score (nSPS) is 16.6. The zero-order valence-corrected chi connectivity index (χ0v) is 11.1. The molecule has 2 aromatic carbocycles. The predicted molar refractivity (Wildman–Crippen MR) is 79.5 cm³/mol. The molecule has 1 saturated heterocycles. The molecule has 0 spiro atoms. The Morgan fingerprint density at radius 1 is 1.10 bits per heavy atom. The van der Waals surface area contributed by atoms with Crippen LogP contribution in [0.4, 0.5) is 5.69 Å². The van der Waals surface area contributed by atoms with Crippen LogP contribution in [0.25, 0.3) is 10.8 Å². The third kappa shape index (κ3) is 2.16. The van der Waals surface area contributed by atoms with E-state index in [1.54, 1.807) is 0 Å². The van der Waals surface area contributed by atoms with Gasteiger partial charge in [-0.3, -0.25) is 0 Å². The first-order valence-corrected chi connectivity index (χ1v) is 6.63. The molecule has 5 heteroatoms. The Labute approximate surface area is 117 Å². The molecule has 3 N–H and O–H groups in total. The molecule has 1 aliphatic heterocycles. The van der Waals surface area contributed by atoms with Crippen molar-refractivity contribution in [2.75, 3.05) is 31.2 Å². The van der Waals surface area contributed by atoms with Crippen LogP contribution in [0, 0.1) is 0 Å². The average molecular weight is 271 g/mol. The van der Waals surface area contributed by atoms with Crippen molar-refractivity contribution in [3.8, 4) is 0 Å². The quantitative estimate of drug-likeness (QED) is 0.378. The molecule has 1 aliphatic rings. The van der Waals surface area contributed by atoms with E-state index in [9.17, 15) is 0 Å².